The van der Waals surface area contributed by atoms with Crippen LogP contribution in [0.3, 0.4) is 0 Å². The molecule has 0 saturated carbocycles. The SMILES string of the molecule is CCN1N=C(C(=O)N2CCOCC2)S(=O)(=O)c2ccc(C)cc21. The van der Waals surface area contributed by atoms with Gasteiger partial charge in [0.25, 0.3) is 5.91 Å². The van der Waals surface area contributed by atoms with Gasteiger partial charge in [0.15, 0.2) is 0 Å². The van der Waals surface area contributed by atoms with E-state index in [1.165, 1.54) is 4.90 Å². The Kier molecular flexibility index (Phi) is 4.11. The van der Waals surface area contributed by atoms with Gasteiger partial charge < -0.3 is 9.64 Å². The molecule has 7 nitrogen and oxygen atoms in total. The van der Waals surface area contributed by atoms with Crippen molar-refractivity contribution in [1.29, 1.82) is 0 Å². The van der Waals surface area contributed by atoms with Crippen LogP contribution in [-0.4, -0.2) is 57.1 Å². The smallest absolute Gasteiger partial charge is 0.286 e. The second-order valence-electron chi connectivity index (χ2n) is 5.50. The van der Waals surface area contributed by atoms with Crippen LogP contribution < -0.4 is 5.01 Å². The zero-order valence-electron chi connectivity index (χ0n) is 13.2. The average molecular weight is 337 g/mol. The lowest BCUT2D eigenvalue weighted by atomic mass is 10.2. The van der Waals surface area contributed by atoms with E-state index in [2.05, 4.69) is 5.10 Å². The van der Waals surface area contributed by atoms with Gasteiger partial charge in [-0.1, -0.05) is 6.07 Å². The molecule has 0 bridgehead atoms. The molecule has 0 unspecified atom stereocenters. The highest BCUT2D eigenvalue weighted by Gasteiger charge is 2.39. The van der Waals surface area contributed by atoms with Crippen molar-refractivity contribution < 1.29 is 17.9 Å². The fraction of sp³-hybridized carbons (Fsp3) is 0.467. The number of hydrogen-bond donors (Lipinski definition) is 0. The van der Waals surface area contributed by atoms with Crippen LogP contribution in [0.5, 0.6) is 0 Å². The summed E-state index contributed by atoms with van der Waals surface area (Å²) in [7, 11) is -3.91. The Hall–Kier alpha value is -1.93. The van der Waals surface area contributed by atoms with E-state index in [0.29, 0.717) is 38.5 Å². The first-order valence-corrected chi connectivity index (χ1v) is 9.02. The summed E-state index contributed by atoms with van der Waals surface area (Å²) in [5, 5.41) is 5.30. The third kappa shape index (κ3) is 2.72. The minimum atomic E-state index is -3.91. The number of morpholine rings is 1. The summed E-state index contributed by atoms with van der Waals surface area (Å²) in [6.45, 7) is 5.80. The predicted molar refractivity (Wildman–Crippen MR) is 86.2 cm³/mol. The number of fused-ring (bicyclic) bond motifs is 1. The molecule has 1 saturated heterocycles. The van der Waals surface area contributed by atoms with Crippen LogP contribution in [-0.2, 0) is 19.4 Å². The number of aryl methyl sites for hydroxylation is 1. The van der Waals surface area contributed by atoms with Crippen molar-refractivity contribution in [2.24, 2.45) is 5.10 Å². The van der Waals surface area contributed by atoms with Gasteiger partial charge in [-0.05, 0) is 31.5 Å². The van der Waals surface area contributed by atoms with Gasteiger partial charge in [-0.2, -0.15) is 5.10 Å². The molecule has 0 spiro atoms. The Morgan fingerprint density at radius 1 is 1.30 bits per heavy atom. The summed E-state index contributed by atoms with van der Waals surface area (Å²) in [5.41, 5.74) is 1.46. The average Bonchev–Trinajstić information content (AvgIpc) is 2.55. The number of rotatable bonds is 2. The Morgan fingerprint density at radius 3 is 2.65 bits per heavy atom. The highest BCUT2D eigenvalue weighted by atomic mass is 32.2. The van der Waals surface area contributed by atoms with Crippen LogP contribution in [0.1, 0.15) is 12.5 Å². The molecule has 0 aliphatic carbocycles. The van der Waals surface area contributed by atoms with Gasteiger partial charge in [0.1, 0.15) is 0 Å². The van der Waals surface area contributed by atoms with E-state index in [1.54, 1.807) is 23.2 Å². The van der Waals surface area contributed by atoms with Crippen LogP contribution >= 0.6 is 0 Å². The Balaban J connectivity index is 2.06. The number of anilines is 1. The van der Waals surface area contributed by atoms with Gasteiger partial charge in [-0.25, -0.2) is 8.42 Å². The monoisotopic (exact) mass is 337 g/mol. The maximum Gasteiger partial charge on any atom is 0.286 e. The minimum absolute atomic E-state index is 0.136. The first-order valence-electron chi connectivity index (χ1n) is 7.54. The number of hydrogen-bond acceptors (Lipinski definition) is 6. The fourth-order valence-electron chi connectivity index (χ4n) is 2.68. The number of amides is 1. The molecule has 0 radical (unpaired) electrons. The molecule has 124 valence electrons. The highest BCUT2D eigenvalue weighted by Crippen LogP contribution is 2.32. The van der Waals surface area contributed by atoms with Crippen molar-refractivity contribution in [2.75, 3.05) is 37.9 Å². The van der Waals surface area contributed by atoms with E-state index in [-0.39, 0.29) is 4.90 Å². The zero-order chi connectivity index (χ0) is 16.6. The van der Waals surface area contributed by atoms with Crippen molar-refractivity contribution >= 4 is 26.5 Å². The Labute approximate surface area is 135 Å². The summed E-state index contributed by atoms with van der Waals surface area (Å²) in [5.74, 6) is -0.557. The van der Waals surface area contributed by atoms with Gasteiger partial charge in [-0.15, -0.1) is 0 Å². The van der Waals surface area contributed by atoms with Crippen molar-refractivity contribution in [2.45, 2.75) is 18.7 Å². The second-order valence-corrected chi connectivity index (χ2v) is 7.33. The van der Waals surface area contributed by atoms with Crippen molar-refractivity contribution in [1.82, 2.24) is 4.90 Å². The van der Waals surface area contributed by atoms with Crippen molar-refractivity contribution in [3.8, 4) is 0 Å². The van der Waals surface area contributed by atoms with Gasteiger partial charge in [0, 0.05) is 19.6 Å². The summed E-state index contributed by atoms with van der Waals surface area (Å²) >= 11 is 0. The predicted octanol–water partition coefficient (Wildman–Crippen LogP) is 0.781. The molecule has 3 rings (SSSR count). The molecule has 1 aromatic carbocycles. The zero-order valence-corrected chi connectivity index (χ0v) is 14.0. The molecule has 0 atom stereocenters. The molecule has 1 fully saturated rings. The normalized spacial score (nSPS) is 20.0. The number of carbonyl (C=O) groups is 1. The molecular formula is C15H19N3O4S. The quantitative estimate of drug-likeness (QED) is 0.797. The van der Waals surface area contributed by atoms with Crippen LogP contribution in [0.4, 0.5) is 5.69 Å². The van der Waals surface area contributed by atoms with Gasteiger partial charge in [0.05, 0.1) is 23.8 Å². The third-order valence-electron chi connectivity index (χ3n) is 3.93. The van der Waals surface area contributed by atoms with Gasteiger partial charge in [0.2, 0.25) is 14.9 Å². The number of ether oxygens (including phenoxy) is 1. The molecule has 2 aliphatic rings. The molecule has 1 aromatic rings. The summed E-state index contributed by atoms with van der Waals surface area (Å²) < 4.78 is 30.9. The molecular weight excluding hydrogens is 318 g/mol. The van der Waals surface area contributed by atoms with Crippen molar-refractivity contribution in [3.05, 3.63) is 23.8 Å². The van der Waals surface area contributed by atoms with Crippen LogP contribution in [0.2, 0.25) is 0 Å². The van der Waals surface area contributed by atoms with Gasteiger partial charge in [-0.3, -0.25) is 9.80 Å². The third-order valence-corrected chi connectivity index (χ3v) is 5.62. The van der Waals surface area contributed by atoms with Crippen LogP contribution in [0, 0.1) is 6.92 Å². The standard InChI is InChI=1S/C15H19N3O4S/c1-3-18-12-10-11(2)4-5-13(12)23(20,21)14(16-18)15(19)17-6-8-22-9-7-17/h4-5,10H,3,6-9H2,1-2H3. The Morgan fingerprint density at radius 2 is 2.00 bits per heavy atom. The lowest BCUT2D eigenvalue weighted by Gasteiger charge is -2.30. The summed E-state index contributed by atoms with van der Waals surface area (Å²) in [6.07, 6.45) is 0. The van der Waals surface area contributed by atoms with E-state index < -0.39 is 20.8 Å². The summed E-state index contributed by atoms with van der Waals surface area (Å²) in [4.78, 5) is 14.3. The fourth-order valence-corrected chi connectivity index (χ4v) is 4.14. The van der Waals surface area contributed by atoms with E-state index in [9.17, 15) is 13.2 Å². The van der Waals surface area contributed by atoms with E-state index in [1.807, 2.05) is 13.8 Å². The lowest BCUT2D eigenvalue weighted by molar-refractivity contribution is -0.127. The van der Waals surface area contributed by atoms with E-state index in [4.69, 9.17) is 4.74 Å². The number of nitrogens with zero attached hydrogens (tertiary/aromatic N) is 3. The number of hydrazone groups is 1. The number of benzene rings is 1. The van der Waals surface area contributed by atoms with Gasteiger partial charge >= 0.3 is 0 Å². The second kappa shape index (κ2) is 5.93. The highest BCUT2D eigenvalue weighted by molar-refractivity contribution is 8.08. The lowest BCUT2D eigenvalue weighted by Crippen LogP contribution is -2.47. The molecule has 0 N–H and O–H groups in total. The summed E-state index contributed by atoms with van der Waals surface area (Å²) in [6, 6.07) is 5.05. The topological polar surface area (TPSA) is 79.3 Å². The van der Waals surface area contributed by atoms with E-state index in [0.717, 1.165) is 5.56 Å². The number of carbonyl (C=O) groups excluding carboxylic acids is 1. The van der Waals surface area contributed by atoms with Crippen LogP contribution in [0.15, 0.2) is 28.2 Å². The van der Waals surface area contributed by atoms with Crippen molar-refractivity contribution in [3.63, 3.8) is 0 Å². The molecule has 1 amide bonds. The molecule has 23 heavy (non-hydrogen) atoms. The maximum absolute atomic E-state index is 12.8. The first-order chi connectivity index (χ1) is 10.9. The molecule has 2 aliphatic heterocycles. The number of sulfone groups is 1. The van der Waals surface area contributed by atoms with Crippen LogP contribution in [0.25, 0.3) is 0 Å². The molecule has 2 heterocycles. The molecule has 0 aromatic heterocycles. The molecule has 8 heteroatoms. The minimum Gasteiger partial charge on any atom is -0.378 e. The first kappa shape index (κ1) is 15.9. The Bertz CT molecular complexity index is 767. The van der Waals surface area contributed by atoms with E-state index >= 15 is 0 Å². The maximum atomic E-state index is 12.8. The largest absolute Gasteiger partial charge is 0.378 e.